The van der Waals surface area contributed by atoms with Crippen molar-refractivity contribution in [3.05, 3.63) is 217 Å². The van der Waals surface area contributed by atoms with Gasteiger partial charge in [-0.25, -0.2) is 4.99 Å². The van der Waals surface area contributed by atoms with Crippen molar-refractivity contribution in [1.82, 2.24) is 4.98 Å². The summed E-state index contributed by atoms with van der Waals surface area (Å²) < 4.78 is 0. The van der Waals surface area contributed by atoms with E-state index in [0.717, 1.165) is 44.3 Å². The number of aromatic nitrogens is 1. The molecule has 0 bridgehead atoms. The van der Waals surface area contributed by atoms with Gasteiger partial charge in [-0.2, -0.15) is 0 Å². The summed E-state index contributed by atoms with van der Waals surface area (Å²) in [4.78, 5) is 8.38. The minimum atomic E-state index is -0.708. The summed E-state index contributed by atoms with van der Waals surface area (Å²) in [5, 5.41) is 17.8. The number of hydrogen-bond acceptors (Lipinski definition) is 1. The molecule has 0 radical (unpaired) electrons. The Morgan fingerprint density at radius 2 is 0.926 bits per heavy atom. The molecule has 0 aliphatic rings. The minimum Gasteiger partial charge on any atom is -0.345 e. The van der Waals surface area contributed by atoms with Crippen molar-refractivity contribution >= 4 is 51.2 Å². The van der Waals surface area contributed by atoms with E-state index in [0.29, 0.717) is 5.49 Å². The van der Waals surface area contributed by atoms with Gasteiger partial charge < -0.3 is 4.98 Å². The van der Waals surface area contributed by atoms with Crippen LogP contribution in [0.15, 0.2) is 211 Å². The molecule has 9 rings (SSSR count). The van der Waals surface area contributed by atoms with E-state index in [2.05, 4.69) is 193 Å². The average molecular weight is 710 g/mol. The van der Waals surface area contributed by atoms with Crippen LogP contribution in [-0.4, -0.2) is 10.8 Å². The number of H-pyrrole nitrogens is 1. The molecule has 0 unspecified atom stereocenters. The van der Waals surface area contributed by atoms with Gasteiger partial charge in [-0.15, -0.1) is 0 Å². The molecule has 0 spiro atoms. The number of aromatic amines is 1. The summed E-state index contributed by atoms with van der Waals surface area (Å²) in [5.41, 5.74) is 7.82. The molecule has 0 saturated heterocycles. The number of amidine groups is 1. The Hall–Kier alpha value is -6.67. The van der Waals surface area contributed by atoms with Gasteiger partial charge in [0.25, 0.3) is 0 Å². The second-order valence-electron chi connectivity index (χ2n) is 13.4. The van der Waals surface area contributed by atoms with Crippen LogP contribution in [0, 0.1) is 5.41 Å². The van der Waals surface area contributed by atoms with Crippen LogP contribution >= 0.6 is 7.92 Å². The lowest BCUT2D eigenvalue weighted by Gasteiger charge is -2.20. The molecule has 0 aliphatic heterocycles. The van der Waals surface area contributed by atoms with Crippen molar-refractivity contribution in [2.45, 2.75) is 0 Å². The maximum Gasteiger partial charge on any atom is 0.154 e. The molecule has 0 atom stereocenters. The molecule has 1 heterocycles. The van der Waals surface area contributed by atoms with Gasteiger partial charge in [0, 0.05) is 17.3 Å². The molecule has 0 amide bonds. The third-order valence-corrected chi connectivity index (χ3v) is 12.3. The molecular formula is C50H36N3P. The molecule has 4 heteroatoms. The van der Waals surface area contributed by atoms with Crippen LogP contribution in [-0.2, 0) is 0 Å². The lowest BCUT2D eigenvalue weighted by atomic mass is 9.98. The van der Waals surface area contributed by atoms with Crippen LogP contribution in [0.2, 0.25) is 0 Å². The summed E-state index contributed by atoms with van der Waals surface area (Å²) in [6, 6.07) is 70.7. The topological polar surface area (TPSA) is 52.0 Å². The molecule has 256 valence electrons. The zero-order valence-electron chi connectivity index (χ0n) is 29.5. The number of fused-ring (bicyclic) bond motifs is 2. The average Bonchev–Trinajstić information content (AvgIpc) is 3.24. The van der Waals surface area contributed by atoms with Crippen molar-refractivity contribution in [2.24, 2.45) is 4.99 Å². The maximum absolute atomic E-state index is 9.14. The van der Waals surface area contributed by atoms with E-state index in [1.807, 2.05) is 18.3 Å². The van der Waals surface area contributed by atoms with E-state index < -0.39 is 7.92 Å². The van der Waals surface area contributed by atoms with Crippen LogP contribution < -0.4 is 21.4 Å². The number of nitrogens with one attached hydrogen (secondary N) is 2. The third-order valence-electron chi connectivity index (χ3n) is 9.91. The molecule has 2 N–H and O–H groups in total. The lowest BCUT2D eigenvalue weighted by Crippen LogP contribution is -2.20. The van der Waals surface area contributed by atoms with Crippen molar-refractivity contribution in [1.29, 1.82) is 5.41 Å². The molecule has 1 aromatic heterocycles. The zero-order chi connectivity index (χ0) is 36.3. The van der Waals surface area contributed by atoms with Gasteiger partial charge in [0.05, 0.1) is 0 Å². The van der Waals surface area contributed by atoms with Crippen LogP contribution in [0.5, 0.6) is 0 Å². The molecule has 8 aromatic carbocycles. The predicted octanol–water partition coefficient (Wildman–Crippen LogP) is 11.0. The highest BCUT2D eigenvalue weighted by Gasteiger charge is 2.17. The highest BCUT2D eigenvalue weighted by atomic mass is 31.1. The quantitative estimate of drug-likeness (QED) is 0.0940. The SMILES string of the molecule is N=C(N=c1[nH]cc(-c2ccc3ccccc3c2)cc1-c1ccc2ccccc2c1)c1ccc(-c2cccc(P(c3ccccc3)c3ccccc3)c2)cc1. The van der Waals surface area contributed by atoms with E-state index in [9.17, 15) is 0 Å². The van der Waals surface area contributed by atoms with Crippen LogP contribution in [0.3, 0.4) is 0 Å². The van der Waals surface area contributed by atoms with Crippen molar-refractivity contribution in [3.63, 3.8) is 0 Å². The molecule has 0 fully saturated rings. The number of pyridine rings is 1. The Morgan fingerprint density at radius 3 is 1.57 bits per heavy atom. The minimum absolute atomic E-state index is 0.198. The summed E-state index contributed by atoms with van der Waals surface area (Å²) in [6.07, 6.45) is 2.00. The fourth-order valence-electron chi connectivity index (χ4n) is 7.12. The largest absolute Gasteiger partial charge is 0.345 e. The van der Waals surface area contributed by atoms with Crippen LogP contribution in [0.1, 0.15) is 5.56 Å². The summed E-state index contributed by atoms with van der Waals surface area (Å²) >= 11 is 0. The zero-order valence-corrected chi connectivity index (χ0v) is 30.4. The fraction of sp³-hybridized carbons (Fsp3) is 0. The number of hydrogen-bond donors (Lipinski definition) is 2. The standard InChI is InChI=1S/C50H36N3P/c51-49(38-26-22-37(23-27-38)41-16-11-21-47(32-41)54(45-17-3-1-4-18-45)46-19-5-2-6-20-46)53-50-48(43-29-25-36-13-8-10-15-40(36)31-43)33-44(34-52-50)42-28-24-35-12-7-9-14-39(35)30-42/h1-34H,(H2,51,52,53). The first-order chi connectivity index (χ1) is 26.7. The van der Waals surface area contributed by atoms with E-state index >= 15 is 0 Å². The van der Waals surface area contributed by atoms with Gasteiger partial charge in [0.2, 0.25) is 0 Å². The second kappa shape index (κ2) is 14.8. The van der Waals surface area contributed by atoms with Crippen molar-refractivity contribution in [2.75, 3.05) is 0 Å². The Balaban J connectivity index is 1.06. The highest BCUT2D eigenvalue weighted by molar-refractivity contribution is 7.79. The number of rotatable bonds is 7. The Morgan fingerprint density at radius 1 is 0.407 bits per heavy atom. The molecule has 0 saturated carbocycles. The normalized spacial score (nSPS) is 11.7. The van der Waals surface area contributed by atoms with Gasteiger partial charge in [-0.3, -0.25) is 5.41 Å². The van der Waals surface area contributed by atoms with Crippen LogP contribution in [0.25, 0.3) is 54.9 Å². The first-order valence-electron chi connectivity index (χ1n) is 18.1. The second-order valence-corrected chi connectivity index (χ2v) is 15.6. The van der Waals surface area contributed by atoms with Gasteiger partial charge in [-0.1, -0.05) is 176 Å². The van der Waals surface area contributed by atoms with E-state index in [-0.39, 0.29) is 5.84 Å². The van der Waals surface area contributed by atoms with E-state index in [1.165, 1.54) is 32.1 Å². The lowest BCUT2D eigenvalue weighted by molar-refractivity contribution is 1.16. The summed E-state index contributed by atoms with van der Waals surface area (Å²) in [7, 11) is -0.708. The van der Waals surface area contributed by atoms with Crippen LogP contribution in [0.4, 0.5) is 0 Å². The summed E-state index contributed by atoms with van der Waals surface area (Å²) in [6.45, 7) is 0. The van der Waals surface area contributed by atoms with Gasteiger partial charge in [0.15, 0.2) is 5.84 Å². The molecule has 54 heavy (non-hydrogen) atoms. The molecule has 9 aromatic rings. The third kappa shape index (κ3) is 6.81. The first-order valence-corrected chi connectivity index (χ1v) is 19.5. The molecular weight excluding hydrogens is 674 g/mol. The highest BCUT2D eigenvalue weighted by Crippen LogP contribution is 2.34. The molecule has 3 nitrogen and oxygen atoms in total. The number of benzene rings is 8. The fourth-order valence-corrected chi connectivity index (χ4v) is 9.46. The molecule has 0 aliphatic carbocycles. The van der Waals surface area contributed by atoms with E-state index in [1.54, 1.807) is 0 Å². The summed E-state index contributed by atoms with van der Waals surface area (Å²) in [5.74, 6) is 0.198. The Kier molecular flexibility index (Phi) is 9.07. The predicted molar refractivity (Wildman–Crippen MR) is 230 cm³/mol. The maximum atomic E-state index is 9.14. The first kappa shape index (κ1) is 33.2. The number of nitrogens with zero attached hydrogens (tertiary/aromatic N) is 1. The van der Waals surface area contributed by atoms with Gasteiger partial charge in [-0.05, 0) is 97.5 Å². The van der Waals surface area contributed by atoms with Crippen molar-refractivity contribution < 1.29 is 0 Å². The van der Waals surface area contributed by atoms with Gasteiger partial charge in [0.1, 0.15) is 5.49 Å². The van der Waals surface area contributed by atoms with Gasteiger partial charge >= 0.3 is 0 Å². The van der Waals surface area contributed by atoms with Crippen molar-refractivity contribution in [3.8, 4) is 33.4 Å². The smallest absolute Gasteiger partial charge is 0.154 e. The Labute approximate surface area is 316 Å². The van der Waals surface area contributed by atoms with E-state index in [4.69, 9.17) is 10.4 Å². The Bertz CT molecular complexity index is 2800. The monoisotopic (exact) mass is 709 g/mol.